The summed E-state index contributed by atoms with van der Waals surface area (Å²) in [6.07, 6.45) is 3.43. The zero-order valence-corrected chi connectivity index (χ0v) is 19.6. The first kappa shape index (κ1) is 21.1. The number of benzene rings is 2. The molecule has 35 heavy (non-hydrogen) atoms. The number of carbonyl (C=O) groups excluding carboxylic acids is 2. The Kier molecular flexibility index (Phi) is 4.61. The maximum absolute atomic E-state index is 13.8. The molecule has 7 heteroatoms. The average molecular weight is 468 g/mol. The fourth-order valence-corrected chi connectivity index (χ4v) is 7.24. The van der Waals surface area contributed by atoms with E-state index >= 15 is 0 Å². The summed E-state index contributed by atoms with van der Waals surface area (Å²) in [6, 6.07) is 18.1. The quantitative estimate of drug-likeness (QED) is 0.740. The second-order valence-electron chi connectivity index (χ2n) is 10.9. The Labute approximate surface area is 205 Å². The lowest BCUT2D eigenvalue weighted by atomic mass is 9.81. The molecule has 1 saturated carbocycles. The Balaban J connectivity index is 1.11. The number of hydrogen-bond acceptors (Lipinski definition) is 5. The van der Waals surface area contributed by atoms with Crippen LogP contribution in [-0.2, 0) is 16.0 Å². The molecule has 178 valence electrons. The van der Waals surface area contributed by atoms with Gasteiger partial charge in [0.1, 0.15) is 6.04 Å². The number of nitrogens with two attached hydrogens (primary N) is 1. The van der Waals surface area contributed by atoms with E-state index in [1.165, 1.54) is 22.3 Å². The standard InChI is InChI=1S/C28H29N5O2/c29-13-19-10-18-11-24(18)32(19)27(34)23(30)15-31-14-20-12-25(31)28(35)33(20)26-21-7-3-1-5-16(21)9-17-6-2-4-8-22(17)26/h1-8,18-20,23-26H,9-12,14-15,30H2/t18?,19-,20-,23-,24-,25-/m0/s1. The number of piperazine rings is 1. The third kappa shape index (κ3) is 3.10. The molecular formula is C28H29N5O2. The molecule has 2 amide bonds. The van der Waals surface area contributed by atoms with Crippen LogP contribution in [0.5, 0.6) is 0 Å². The van der Waals surface area contributed by atoms with Gasteiger partial charge in [-0.3, -0.25) is 14.5 Å². The summed E-state index contributed by atoms with van der Waals surface area (Å²) >= 11 is 0. The van der Waals surface area contributed by atoms with Gasteiger partial charge in [0, 0.05) is 25.2 Å². The smallest absolute Gasteiger partial charge is 0.242 e. The van der Waals surface area contributed by atoms with Crippen LogP contribution in [-0.4, -0.2) is 69.8 Å². The molecule has 2 aliphatic carbocycles. The summed E-state index contributed by atoms with van der Waals surface area (Å²) in [5, 5.41) is 9.46. The number of carbonyl (C=O) groups is 2. The molecule has 1 unspecified atom stereocenters. The highest BCUT2D eigenvalue weighted by Gasteiger charge is 2.56. The second-order valence-corrected chi connectivity index (χ2v) is 10.9. The van der Waals surface area contributed by atoms with Crippen molar-refractivity contribution >= 4 is 11.8 Å². The molecule has 2 bridgehead atoms. The van der Waals surface area contributed by atoms with Gasteiger partial charge in [-0.15, -0.1) is 0 Å². The number of likely N-dealkylation sites (tertiary alicyclic amines) is 3. The van der Waals surface area contributed by atoms with Crippen LogP contribution >= 0.6 is 0 Å². The molecule has 7 rings (SSSR count). The van der Waals surface area contributed by atoms with Crippen molar-refractivity contribution < 1.29 is 9.59 Å². The van der Waals surface area contributed by atoms with Gasteiger partial charge in [0.2, 0.25) is 11.8 Å². The zero-order valence-electron chi connectivity index (χ0n) is 19.6. The van der Waals surface area contributed by atoms with Crippen molar-refractivity contribution in [2.24, 2.45) is 11.7 Å². The normalized spacial score (nSPS) is 31.7. The molecule has 3 saturated heterocycles. The number of nitrogens with zero attached hydrogens (tertiary/aromatic N) is 4. The first-order chi connectivity index (χ1) is 17.0. The number of amides is 2. The van der Waals surface area contributed by atoms with Crippen LogP contribution in [0.25, 0.3) is 0 Å². The molecule has 4 fully saturated rings. The zero-order chi connectivity index (χ0) is 23.8. The maximum atomic E-state index is 13.8. The van der Waals surface area contributed by atoms with Crippen LogP contribution in [0.2, 0.25) is 0 Å². The maximum Gasteiger partial charge on any atom is 0.242 e. The van der Waals surface area contributed by atoms with Crippen molar-refractivity contribution in [1.82, 2.24) is 14.7 Å². The van der Waals surface area contributed by atoms with E-state index in [2.05, 4.69) is 64.4 Å². The molecule has 5 aliphatic rings. The summed E-state index contributed by atoms with van der Waals surface area (Å²) < 4.78 is 0. The van der Waals surface area contributed by atoms with Gasteiger partial charge in [0.25, 0.3) is 0 Å². The van der Waals surface area contributed by atoms with E-state index in [4.69, 9.17) is 5.73 Å². The van der Waals surface area contributed by atoms with Crippen LogP contribution in [0.4, 0.5) is 0 Å². The highest BCUT2D eigenvalue weighted by molar-refractivity contribution is 5.88. The van der Waals surface area contributed by atoms with Crippen molar-refractivity contribution in [1.29, 1.82) is 5.26 Å². The highest BCUT2D eigenvalue weighted by atomic mass is 16.2. The molecule has 7 nitrogen and oxygen atoms in total. The van der Waals surface area contributed by atoms with Gasteiger partial charge in [0.05, 0.1) is 24.2 Å². The van der Waals surface area contributed by atoms with Crippen LogP contribution in [0.1, 0.15) is 47.6 Å². The fraction of sp³-hybridized carbons (Fsp3) is 0.464. The first-order valence-electron chi connectivity index (χ1n) is 12.7. The monoisotopic (exact) mass is 467 g/mol. The average Bonchev–Trinajstić information content (AvgIpc) is 3.19. The Bertz CT molecular complexity index is 1220. The van der Waals surface area contributed by atoms with E-state index < -0.39 is 6.04 Å². The minimum Gasteiger partial charge on any atom is -0.326 e. The molecule has 2 aromatic rings. The predicted octanol–water partition coefficient (Wildman–Crippen LogP) is 1.81. The first-order valence-corrected chi connectivity index (χ1v) is 12.7. The SMILES string of the molecule is N#C[C@@H]1CC2C[C@@H]2N1C(=O)[C@@H](N)CN1C[C@@H]2C[C@H]1C(=O)N2C1c2ccccc2Cc2ccccc21. The van der Waals surface area contributed by atoms with Gasteiger partial charge < -0.3 is 15.5 Å². The number of piperidine rings is 1. The molecule has 0 aromatic heterocycles. The van der Waals surface area contributed by atoms with E-state index in [-0.39, 0.29) is 42.0 Å². The fourth-order valence-electron chi connectivity index (χ4n) is 7.24. The lowest BCUT2D eigenvalue weighted by molar-refractivity contribution is -0.140. The van der Waals surface area contributed by atoms with Gasteiger partial charge in [-0.25, -0.2) is 0 Å². The summed E-state index contributed by atoms with van der Waals surface area (Å²) in [6.45, 7) is 1.09. The third-order valence-electron chi connectivity index (χ3n) is 8.93. The Morgan fingerprint density at radius 2 is 1.74 bits per heavy atom. The molecule has 2 N–H and O–H groups in total. The second kappa shape index (κ2) is 7.64. The van der Waals surface area contributed by atoms with E-state index in [0.717, 1.165) is 32.2 Å². The van der Waals surface area contributed by atoms with Gasteiger partial charge in [-0.2, -0.15) is 5.26 Å². The molecule has 3 aliphatic heterocycles. The minimum absolute atomic E-state index is 0.0658. The molecule has 0 spiro atoms. The van der Waals surface area contributed by atoms with Crippen LogP contribution in [0.15, 0.2) is 48.5 Å². The number of rotatable bonds is 4. The van der Waals surface area contributed by atoms with Gasteiger partial charge in [-0.05, 0) is 53.9 Å². The lowest BCUT2D eigenvalue weighted by Gasteiger charge is -2.42. The van der Waals surface area contributed by atoms with E-state index in [1.54, 1.807) is 4.90 Å². The van der Waals surface area contributed by atoms with Gasteiger partial charge in [0.15, 0.2) is 0 Å². The summed E-state index contributed by atoms with van der Waals surface area (Å²) in [4.78, 5) is 32.8. The van der Waals surface area contributed by atoms with E-state index in [0.29, 0.717) is 12.5 Å². The van der Waals surface area contributed by atoms with Gasteiger partial charge >= 0.3 is 0 Å². The van der Waals surface area contributed by atoms with Crippen molar-refractivity contribution in [2.45, 2.75) is 61.9 Å². The van der Waals surface area contributed by atoms with Crippen LogP contribution in [0, 0.1) is 17.2 Å². The summed E-state index contributed by atoms with van der Waals surface area (Å²) in [5.74, 6) is 0.467. The highest BCUT2D eigenvalue weighted by Crippen LogP contribution is 2.48. The Hall–Kier alpha value is -3.21. The topological polar surface area (TPSA) is 93.7 Å². The van der Waals surface area contributed by atoms with E-state index in [1.807, 2.05) is 0 Å². The Morgan fingerprint density at radius 1 is 1.06 bits per heavy atom. The van der Waals surface area contributed by atoms with Crippen LogP contribution < -0.4 is 5.73 Å². The van der Waals surface area contributed by atoms with Crippen molar-refractivity contribution in [2.75, 3.05) is 13.1 Å². The summed E-state index contributed by atoms with van der Waals surface area (Å²) in [7, 11) is 0. The van der Waals surface area contributed by atoms with Crippen LogP contribution in [0.3, 0.4) is 0 Å². The Morgan fingerprint density at radius 3 is 2.40 bits per heavy atom. The summed E-state index contributed by atoms with van der Waals surface area (Å²) in [5.41, 5.74) is 11.4. The van der Waals surface area contributed by atoms with E-state index in [9.17, 15) is 14.9 Å². The van der Waals surface area contributed by atoms with Gasteiger partial charge in [-0.1, -0.05) is 48.5 Å². The number of fused-ring (bicyclic) bond motifs is 5. The molecule has 3 heterocycles. The lowest BCUT2D eigenvalue weighted by Crippen LogP contribution is -2.57. The van der Waals surface area contributed by atoms with Crippen molar-refractivity contribution in [3.63, 3.8) is 0 Å². The van der Waals surface area contributed by atoms with Crippen molar-refractivity contribution in [3.05, 3.63) is 70.8 Å². The number of nitriles is 1. The van der Waals surface area contributed by atoms with Crippen molar-refractivity contribution in [3.8, 4) is 6.07 Å². The minimum atomic E-state index is -0.707. The molecular weight excluding hydrogens is 438 g/mol. The molecule has 0 radical (unpaired) electrons. The largest absolute Gasteiger partial charge is 0.326 e. The molecule has 6 atom stereocenters. The molecule has 2 aromatic carbocycles. The number of hydrogen-bond donors (Lipinski definition) is 1. The third-order valence-corrected chi connectivity index (χ3v) is 8.93. The predicted molar refractivity (Wildman–Crippen MR) is 129 cm³/mol.